The van der Waals surface area contributed by atoms with Crippen molar-refractivity contribution in [3.63, 3.8) is 0 Å². The number of aromatic nitrogens is 2. The van der Waals surface area contributed by atoms with E-state index in [0.717, 1.165) is 48.1 Å². The van der Waals surface area contributed by atoms with Crippen LogP contribution in [0.2, 0.25) is 0 Å². The van der Waals surface area contributed by atoms with Crippen LogP contribution in [0.4, 0.5) is 4.39 Å². The molecule has 33 heavy (non-hydrogen) atoms. The first-order valence-electron chi connectivity index (χ1n) is 11.4. The van der Waals surface area contributed by atoms with Crippen molar-refractivity contribution in [3.8, 4) is 6.07 Å². The van der Waals surface area contributed by atoms with Gasteiger partial charge in [0, 0.05) is 25.8 Å². The van der Waals surface area contributed by atoms with Gasteiger partial charge in [-0.3, -0.25) is 4.79 Å². The van der Waals surface area contributed by atoms with Gasteiger partial charge in [-0.1, -0.05) is 18.2 Å². The molecule has 2 atom stereocenters. The maximum absolute atomic E-state index is 13.9. The third-order valence-electron chi connectivity index (χ3n) is 6.77. The molecule has 2 aliphatic rings. The standard InChI is InChI=1S/C26H26FN5O/c27-21-9-8-20-2-1-3-25(23(20)12-21)32-11-10-24(26(32)33)30-15-22-14-29-17-31(22)16-19-6-4-18(13-28)5-7-19/h4-9,12,14,17,24-25,30H,1-3,10-11,15-16H2. The second-order valence-electron chi connectivity index (χ2n) is 8.83. The van der Waals surface area contributed by atoms with Crippen molar-refractivity contribution >= 4 is 5.91 Å². The van der Waals surface area contributed by atoms with Crippen molar-refractivity contribution in [1.82, 2.24) is 19.8 Å². The molecule has 1 aliphatic carbocycles. The third-order valence-corrected chi connectivity index (χ3v) is 6.77. The van der Waals surface area contributed by atoms with E-state index in [1.807, 2.05) is 46.0 Å². The summed E-state index contributed by atoms with van der Waals surface area (Å²) < 4.78 is 15.9. The van der Waals surface area contributed by atoms with Crippen molar-refractivity contribution in [2.45, 2.75) is 50.9 Å². The molecule has 1 saturated heterocycles. The smallest absolute Gasteiger partial charge is 0.240 e. The number of carbonyl (C=O) groups is 1. The van der Waals surface area contributed by atoms with E-state index in [2.05, 4.69) is 16.4 Å². The molecule has 6 nitrogen and oxygen atoms in total. The van der Waals surface area contributed by atoms with E-state index in [-0.39, 0.29) is 23.8 Å². The lowest BCUT2D eigenvalue weighted by Gasteiger charge is -2.33. The molecule has 0 saturated carbocycles. The van der Waals surface area contributed by atoms with Gasteiger partial charge in [0.05, 0.1) is 35.7 Å². The molecule has 1 aliphatic heterocycles. The summed E-state index contributed by atoms with van der Waals surface area (Å²) in [5, 5.41) is 12.4. The van der Waals surface area contributed by atoms with Crippen molar-refractivity contribution in [2.24, 2.45) is 0 Å². The summed E-state index contributed by atoms with van der Waals surface area (Å²) in [6.45, 7) is 1.87. The summed E-state index contributed by atoms with van der Waals surface area (Å²) in [6, 6.07) is 14.3. The molecule has 1 amide bonds. The van der Waals surface area contributed by atoms with Gasteiger partial charge in [0.25, 0.3) is 0 Å². The zero-order valence-corrected chi connectivity index (χ0v) is 18.4. The first-order valence-corrected chi connectivity index (χ1v) is 11.4. The highest BCUT2D eigenvalue weighted by molar-refractivity contribution is 5.84. The minimum atomic E-state index is -0.248. The predicted octanol–water partition coefficient (Wildman–Crippen LogP) is 3.71. The number of imidazole rings is 1. The zero-order valence-electron chi connectivity index (χ0n) is 18.4. The quantitative estimate of drug-likeness (QED) is 0.630. The number of fused-ring (bicyclic) bond motifs is 1. The lowest BCUT2D eigenvalue weighted by atomic mass is 9.87. The Bertz CT molecular complexity index is 1200. The van der Waals surface area contributed by atoms with Crippen LogP contribution in [0, 0.1) is 17.1 Å². The van der Waals surface area contributed by atoms with E-state index < -0.39 is 0 Å². The van der Waals surface area contributed by atoms with E-state index in [4.69, 9.17) is 5.26 Å². The molecule has 1 N–H and O–H groups in total. The van der Waals surface area contributed by atoms with Gasteiger partial charge in [-0.25, -0.2) is 9.37 Å². The second kappa shape index (κ2) is 9.16. The summed E-state index contributed by atoms with van der Waals surface area (Å²) in [5.41, 5.74) is 4.84. The fraction of sp³-hybridized carbons (Fsp3) is 0.346. The van der Waals surface area contributed by atoms with Crippen LogP contribution in [-0.4, -0.2) is 32.9 Å². The average molecular weight is 444 g/mol. The van der Waals surface area contributed by atoms with Crippen LogP contribution >= 0.6 is 0 Å². The summed E-state index contributed by atoms with van der Waals surface area (Å²) >= 11 is 0. The van der Waals surface area contributed by atoms with Gasteiger partial charge < -0.3 is 14.8 Å². The minimum absolute atomic E-state index is 0.0364. The van der Waals surface area contributed by atoms with Gasteiger partial charge >= 0.3 is 0 Å². The van der Waals surface area contributed by atoms with E-state index in [0.29, 0.717) is 25.2 Å². The van der Waals surface area contributed by atoms with Crippen molar-refractivity contribution in [2.75, 3.05) is 6.54 Å². The monoisotopic (exact) mass is 443 g/mol. The summed E-state index contributed by atoms with van der Waals surface area (Å²) in [7, 11) is 0. The molecular weight excluding hydrogens is 417 g/mol. The number of carbonyl (C=O) groups excluding carboxylic acids is 1. The molecule has 0 radical (unpaired) electrons. The lowest BCUT2D eigenvalue weighted by Crippen LogP contribution is -2.40. The first-order chi connectivity index (χ1) is 16.1. The summed E-state index contributed by atoms with van der Waals surface area (Å²) in [5.74, 6) is -0.146. The molecule has 5 rings (SSSR count). The largest absolute Gasteiger partial charge is 0.334 e. The van der Waals surface area contributed by atoms with Gasteiger partial charge in [0.15, 0.2) is 0 Å². The Labute approximate surface area is 192 Å². The van der Waals surface area contributed by atoms with E-state index >= 15 is 0 Å². The molecule has 7 heteroatoms. The highest BCUT2D eigenvalue weighted by Crippen LogP contribution is 2.37. The van der Waals surface area contributed by atoms with Gasteiger partial charge in [-0.05, 0) is 66.6 Å². The number of likely N-dealkylation sites (tertiary alicyclic amines) is 1. The maximum atomic E-state index is 13.9. The van der Waals surface area contributed by atoms with Gasteiger partial charge in [-0.15, -0.1) is 0 Å². The fourth-order valence-electron chi connectivity index (χ4n) is 5.02. The van der Waals surface area contributed by atoms with E-state index in [9.17, 15) is 9.18 Å². The molecular formula is C26H26FN5O. The SMILES string of the molecule is N#Cc1ccc(Cn2cncc2CNC2CCN(C3CCCc4ccc(F)cc43)C2=O)cc1. The van der Waals surface area contributed by atoms with Crippen molar-refractivity contribution in [1.29, 1.82) is 5.26 Å². The number of aryl methyl sites for hydroxylation is 1. The Morgan fingerprint density at radius 1 is 1.18 bits per heavy atom. The normalized spacial score (nSPS) is 20.0. The van der Waals surface area contributed by atoms with Crippen LogP contribution in [0.25, 0.3) is 0 Å². The van der Waals surface area contributed by atoms with Crippen molar-refractivity contribution < 1.29 is 9.18 Å². The van der Waals surface area contributed by atoms with Gasteiger partial charge in [0.2, 0.25) is 5.91 Å². The maximum Gasteiger partial charge on any atom is 0.240 e. The van der Waals surface area contributed by atoms with E-state index in [1.165, 1.54) is 6.07 Å². The lowest BCUT2D eigenvalue weighted by molar-refractivity contribution is -0.131. The summed E-state index contributed by atoms with van der Waals surface area (Å²) in [4.78, 5) is 19.4. The number of halogens is 1. The Morgan fingerprint density at radius 3 is 2.85 bits per heavy atom. The Morgan fingerprint density at radius 2 is 2.03 bits per heavy atom. The topological polar surface area (TPSA) is 74.0 Å². The predicted molar refractivity (Wildman–Crippen MR) is 122 cm³/mol. The Hall–Kier alpha value is -3.50. The molecule has 3 aromatic rings. The van der Waals surface area contributed by atoms with Crippen LogP contribution in [-0.2, 0) is 24.3 Å². The second-order valence-corrected chi connectivity index (χ2v) is 8.83. The van der Waals surface area contributed by atoms with E-state index in [1.54, 1.807) is 12.4 Å². The molecule has 1 aromatic heterocycles. The highest BCUT2D eigenvalue weighted by atomic mass is 19.1. The number of nitrogens with zero attached hydrogens (tertiary/aromatic N) is 4. The number of hydrogen-bond acceptors (Lipinski definition) is 4. The number of amides is 1. The highest BCUT2D eigenvalue weighted by Gasteiger charge is 2.38. The average Bonchev–Trinajstić information content (AvgIpc) is 3.43. The Kier molecular flexibility index (Phi) is 5.93. The van der Waals surface area contributed by atoms with Crippen LogP contribution < -0.4 is 5.32 Å². The van der Waals surface area contributed by atoms with Crippen LogP contribution in [0.1, 0.15) is 53.3 Å². The molecule has 2 aromatic carbocycles. The van der Waals surface area contributed by atoms with Gasteiger partial charge in [-0.2, -0.15) is 5.26 Å². The van der Waals surface area contributed by atoms with Crippen LogP contribution in [0.5, 0.6) is 0 Å². The first kappa shape index (κ1) is 21.4. The third kappa shape index (κ3) is 4.39. The molecule has 0 spiro atoms. The van der Waals surface area contributed by atoms with Crippen molar-refractivity contribution in [3.05, 3.63) is 88.8 Å². The molecule has 2 heterocycles. The zero-order chi connectivity index (χ0) is 22.8. The number of benzene rings is 2. The molecule has 1 fully saturated rings. The number of hydrogen-bond donors (Lipinski definition) is 1. The fourth-order valence-corrected chi connectivity index (χ4v) is 5.02. The molecule has 168 valence electrons. The number of nitrogens with one attached hydrogen (secondary N) is 1. The minimum Gasteiger partial charge on any atom is -0.334 e. The molecule has 2 unspecified atom stereocenters. The Balaban J connectivity index is 1.23. The van der Waals surface area contributed by atoms with Crippen LogP contribution in [0.15, 0.2) is 55.0 Å². The molecule has 0 bridgehead atoms. The van der Waals surface area contributed by atoms with Crippen LogP contribution in [0.3, 0.4) is 0 Å². The van der Waals surface area contributed by atoms with Gasteiger partial charge in [0.1, 0.15) is 5.82 Å². The number of nitriles is 1. The summed E-state index contributed by atoms with van der Waals surface area (Å²) in [6.07, 6.45) is 7.17. The number of rotatable bonds is 6.